The van der Waals surface area contributed by atoms with Gasteiger partial charge in [0.2, 0.25) is 0 Å². The molecule has 1 N–H and O–H groups in total. The van der Waals surface area contributed by atoms with E-state index < -0.39 is 0 Å². The number of hydrogen-bond donors (Lipinski definition) is 1. The highest BCUT2D eigenvalue weighted by Gasteiger charge is 2.11. The fraction of sp³-hybridized carbons (Fsp3) is 0.235. The molecule has 0 heterocycles. The van der Waals surface area contributed by atoms with Gasteiger partial charge in [-0.3, -0.25) is 4.79 Å². The number of methoxy groups -OCH3 is 2. The van der Waals surface area contributed by atoms with Gasteiger partial charge in [-0.05, 0) is 45.8 Å². The minimum atomic E-state index is -0.285. The lowest BCUT2D eigenvalue weighted by Gasteiger charge is -2.13. The van der Waals surface area contributed by atoms with Crippen LogP contribution in [0.2, 0.25) is 10.0 Å². The monoisotopic (exact) mass is 447 g/mol. The summed E-state index contributed by atoms with van der Waals surface area (Å²) >= 11 is 15.4. The van der Waals surface area contributed by atoms with Crippen molar-refractivity contribution in [3.63, 3.8) is 0 Å². The van der Waals surface area contributed by atoms with E-state index in [0.29, 0.717) is 37.3 Å². The molecule has 0 spiro atoms. The molecular weight excluding hydrogens is 433 g/mol. The Hall–Kier alpha value is -1.63. The van der Waals surface area contributed by atoms with E-state index in [2.05, 4.69) is 21.2 Å². The summed E-state index contributed by atoms with van der Waals surface area (Å²) in [7, 11) is 3.06. The van der Waals surface area contributed by atoms with Crippen molar-refractivity contribution in [2.24, 2.45) is 0 Å². The highest BCUT2D eigenvalue weighted by Crippen LogP contribution is 2.33. The lowest BCUT2D eigenvalue weighted by Crippen LogP contribution is -2.28. The van der Waals surface area contributed by atoms with Crippen LogP contribution in [-0.2, 0) is 11.3 Å². The van der Waals surface area contributed by atoms with Gasteiger partial charge in [0.05, 0.1) is 18.7 Å². The number of carbonyl (C=O) groups excluding carboxylic acids is 1. The first kappa shape index (κ1) is 19.7. The average molecular weight is 449 g/mol. The Morgan fingerprint density at radius 2 is 1.76 bits per heavy atom. The van der Waals surface area contributed by atoms with E-state index in [1.54, 1.807) is 30.3 Å². The molecule has 0 radical (unpaired) electrons. The number of rotatable bonds is 7. The molecule has 1 amide bonds. The number of benzene rings is 2. The second-order valence-corrected chi connectivity index (χ2v) is 6.64. The Labute approximate surface area is 164 Å². The lowest BCUT2D eigenvalue weighted by atomic mass is 10.2. The highest BCUT2D eigenvalue weighted by atomic mass is 79.9. The smallest absolute Gasteiger partial charge is 0.258 e. The summed E-state index contributed by atoms with van der Waals surface area (Å²) in [4.78, 5) is 12.0. The first-order chi connectivity index (χ1) is 11.9. The zero-order valence-corrected chi connectivity index (χ0v) is 16.7. The topological polar surface area (TPSA) is 56.8 Å². The van der Waals surface area contributed by atoms with Gasteiger partial charge < -0.3 is 19.5 Å². The summed E-state index contributed by atoms with van der Waals surface area (Å²) < 4.78 is 16.5. The van der Waals surface area contributed by atoms with Gasteiger partial charge in [0.15, 0.2) is 18.1 Å². The van der Waals surface area contributed by atoms with Crippen LogP contribution in [-0.4, -0.2) is 26.7 Å². The summed E-state index contributed by atoms with van der Waals surface area (Å²) in [5, 5.41) is 3.79. The van der Waals surface area contributed by atoms with Crippen LogP contribution in [0.3, 0.4) is 0 Å². The molecule has 2 aromatic rings. The average Bonchev–Trinajstić information content (AvgIpc) is 2.59. The molecule has 0 bridgehead atoms. The van der Waals surface area contributed by atoms with Crippen LogP contribution >= 0.6 is 39.1 Å². The maximum Gasteiger partial charge on any atom is 0.258 e. The largest absolute Gasteiger partial charge is 0.493 e. The number of carbonyl (C=O) groups is 1. The fourth-order valence-electron chi connectivity index (χ4n) is 2.01. The third kappa shape index (κ3) is 5.42. The number of nitrogens with one attached hydrogen (secondary N) is 1. The maximum atomic E-state index is 12.0. The van der Waals surface area contributed by atoms with Gasteiger partial charge in [0.1, 0.15) is 5.75 Å². The van der Waals surface area contributed by atoms with Gasteiger partial charge in [-0.15, -0.1) is 0 Å². The van der Waals surface area contributed by atoms with Crippen molar-refractivity contribution in [3.05, 3.63) is 50.4 Å². The molecule has 2 rings (SSSR count). The van der Waals surface area contributed by atoms with Crippen molar-refractivity contribution in [1.29, 1.82) is 0 Å². The van der Waals surface area contributed by atoms with Crippen LogP contribution < -0.4 is 19.5 Å². The number of hydrogen-bond acceptors (Lipinski definition) is 4. The van der Waals surface area contributed by atoms with E-state index in [4.69, 9.17) is 37.4 Å². The first-order valence-electron chi connectivity index (χ1n) is 7.19. The van der Waals surface area contributed by atoms with E-state index in [0.717, 1.165) is 0 Å². The summed E-state index contributed by atoms with van der Waals surface area (Å²) in [5.74, 6) is 1.31. The number of ether oxygens (including phenoxy) is 3. The molecule has 0 aliphatic rings. The zero-order valence-electron chi connectivity index (χ0n) is 13.6. The van der Waals surface area contributed by atoms with Crippen molar-refractivity contribution < 1.29 is 19.0 Å². The Kier molecular flexibility index (Phi) is 7.23. The van der Waals surface area contributed by atoms with E-state index in [9.17, 15) is 4.79 Å². The maximum absolute atomic E-state index is 12.0. The van der Waals surface area contributed by atoms with E-state index in [-0.39, 0.29) is 19.1 Å². The molecule has 0 saturated heterocycles. The molecule has 0 unspecified atom stereocenters. The predicted octanol–water partition coefficient (Wildman–Crippen LogP) is 4.47. The highest BCUT2D eigenvalue weighted by molar-refractivity contribution is 9.10. The summed E-state index contributed by atoms with van der Waals surface area (Å²) in [5.41, 5.74) is 0.709. The molecule has 25 heavy (non-hydrogen) atoms. The third-order valence-corrected chi connectivity index (χ3v) is 4.49. The first-order valence-corrected chi connectivity index (χ1v) is 8.74. The molecular formula is C17H16BrCl2NO4. The Morgan fingerprint density at radius 1 is 1.08 bits per heavy atom. The van der Waals surface area contributed by atoms with Crippen LogP contribution in [0.4, 0.5) is 0 Å². The molecule has 8 heteroatoms. The van der Waals surface area contributed by atoms with Gasteiger partial charge in [-0.2, -0.15) is 0 Å². The molecule has 5 nitrogen and oxygen atoms in total. The second kappa shape index (κ2) is 9.17. The van der Waals surface area contributed by atoms with Crippen LogP contribution in [0.25, 0.3) is 0 Å². The summed E-state index contributed by atoms with van der Waals surface area (Å²) in [6, 6.07) is 8.42. The Balaban J connectivity index is 1.93. The quantitative estimate of drug-likeness (QED) is 0.678. The van der Waals surface area contributed by atoms with Crippen LogP contribution in [0.5, 0.6) is 17.2 Å². The molecule has 134 valence electrons. The van der Waals surface area contributed by atoms with Gasteiger partial charge in [0.25, 0.3) is 5.91 Å². The van der Waals surface area contributed by atoms with Crippen molar-refractivity contribution in [2.75, 3.05) is 20.8 Å². The Morgan fingerprint density at radius 3 is 2.40 bits per heavy atom. The molecule has 2 aromatic carbocycles. The second-order valence-electron chi connectivity index (χ2n) is 4.94. The third-order valence-electron chi connectivity index (χ3n) is 3.28. The minimum absolute atomic E-state index is 0.134. The molecule has 0 aromatic heterocycles. The summed E-state index contributed by atoms with van der Waals surface area (Å²) in [6.07, 6.45) is 0. The standard InChI is InChI=1S/C17H16BrCl2NO4/c1-23-15-5-10(13(20)7-16(15)24-2)8-21-17(22)9-25-14-4-3-11(19)6-12(14)18/h3-7H,8-9H2,1-2H3,(H,21,22). The molecule has 0 aliphatic carbocycles. The van der Waals surface area contributed by atoms with Crippen molar-refractivity contribution >= 4 is 45.0 Å². The zero-order chi connectivity index (χ0) is 18.4. The van der Waals surface area contributed by atoms with Crippen molar-refractivity contribution in [3.8, 4) is 17.2 Å². The van der Waals surface area contributed by atoms with Crippen LogP contribution in [0.15, 0.2) is 34.8 Å². The van der Waals surface area contributed by atoms with E-state index in [1.165, 1.54) is 14.2 Å². The molecule has 0 saturated carbocycles. The van der Waals surface area contributed by atoms with Gasteiger partial charge in [0, 0.05) is 22.7 Å². The van der Waals surface area contributed by atoms with Crippen molar-refractivity contribution in [1.82, 2.24) is 5.32 Å². The Bertz CT molecular complexity index is 771. The summed E-state index contributed by atoms with van der Waals surface area (Å²) in [6.45, 7) is 0.105. The normalized spacial score (nSPS) is 10.3. The lowest BCUT2D eigenvalue weighted by molar-refractivity contribution is -0.123. The number of amides is 1. The SMILES string of the molecule is COc1cc(Cl)c(CNC(=O)COc2ccc(Cl)cc2Br)cc1OC. The van der Waals surface area contributed by atoms with Crippen molar-refractivity contribution in [2.45, 2.75) is 6.54 Å². The van der Waals surface area contributed by atoms with Crippen LogP contribution in [0, 0.1) is 0 Å². The minimum Gasteiger partial charge on any atom is -0.493 e. The van der Waals surface area contributed by atoms with E-state index >= 15 is 0 Å². The number of halogens is 3. The van der Waals surface area contributed by atoms with Crippen LogP contribution in [0.1, 0.15) is 5.56 Å². The molecule has 0 fully saturated rings. The fourth-order valence-corrected chi connectivity index (χ4v) is 3.03. The van der Waals surface area contributed by atoms with Gasteiger partial charge in [-0.1, -0.05) is 23.2 Å². The van der Waals surface area contributed by atoms with Gasteiger partial charge >= 0.3 is 0 Å². The van der Waals surface area contributed by atoms with Gasteiger partial charge in [-0.25, -0.2) is 0 Å². The molecule has 0 atom stereocenters. The molecule has 0 aliphatic heterocycles. The van der Waals surface area contributed by atoms with E-state index in [1.807, 2.05) is 0 Å². The predicted molar refractivity (Wildman–Crippen MR) is 101 cm³/mol.